The van der Waals surface area contributed by atoms with Gasteiger partial charge in [0.1, 0.15) is 17.2 Å². The van der Waals surface area contributed by atoms with Gasteiger partial charge in [0.25, 0.3) is 0 Å². The Labute approximate surface area is 846 Å². The minimum atomic E-state index is 0.652. The Kier molecular flexibility index (Phi) is 19.1. The topological polar surface area (TPSA) is 120 Å². The van der Waals surface area contributed by atoms with Gasteiger partial charge in [0.05, 0.1) is 99.5 Å². The van der Waals surface area contributed by atoms with E-state index in [0.717, 1.165) is 156 Å². The van der Waals surface area contributed by atoms with Crippen LogP contribution in [-0.4, -0.2) is 62.3 Å². The standard InChI is InChI=1S/C47H29N5.C46H28N4.C42H26N4/c1-3-14-31(15-4-1)46-36-20-9-11-21-39(36)49-47(50-46)32-24-26-44(48-29-32)52-41-25-23-30-13-7-8-18-34(30)45(41)38-27-37-35-19-10-12-22-40(35)51(42(37)28-43(38)52)33-16-5-2-6-17-33;1-2-14-31(15-3-1)44-46(48-40-20-10-9-19-39(40)47-44)50-41-21-11-8-18-35(41)37-27-38-36-25-23-30-13-6-7-17-34(30)45(36)49(42(38)28-43(37)50)33-24-22-29-12-4-5-16-32(29)26-33;1-3-14-28(15-4-1)41-42(44-35-21-11-10-20-34(35)43-41)46-37-24-23-27-13-7-8-18-30(27)40(37)33-25-32-31-19-9-12-22-36(31)45(38(32)26-39(33)46)29-16-5-2-6-17-29/h1-29H;1-28H;1-26H. The number of benzene rings is 22. The Balaban J connectivity index is 0.000000103. The third kappa shape index (κ3) is 13.3. The molecule has 0 spiro atoms. The van der Waals surface area contributed by atoms with Crippen LogP contribution in [0.25, 0.3) is 287 Å². The van der Waals surface area contributed by atoms with E-state index < -0.39 is 0 Å². The molecule has 10 aromatic heterocycles. The summed E-state index contributed by atoms with van der Waals surface area (Å²) < 4.78 is 14.2. The predicted octanol–water partition coefficient (Wildman–Crippen LogP) is 34.1. The van der Waals surface area contributed by atoms with Crippen LogP contribution in [-0.2, 0) is 0 Å². The van der Waals surface area contributed by atoms with Crippen LogP contribution in [0.15, 0.2) is 504 Å². The smallest absolute Gasteiger partial charge is 0.165 e. The summed E-state index contributed by atoms with van der Waals surface area (Å²) in [7, 11) is 0. The molecule has 0 aliphatic heterocycles. The van der Waals surface area contributed by atoms with E-state index >= 15 is 0 Å². The van der Waals surface area contributed by atoms with Crippen molar-refractivity contribution in [3.8, 4) is 79.7 Å². The average molecular weight is 1890 g/mol. The van der Waals surface area contributed by atoms with Crippen molar-refractivity contribution in [3.63, 3.8) is 0 Å². The third-order valence-electron chi connectivity index (χ3n) is 29.9. The summed E-state index contributed by atoms with van der Waals surface area (Å²) in [6.45, 7) is 0. The van der Waals surface area contributed by atoms with Crippen LogP contribution in [0, 0.1) is 0 Å². The molecular formula is C135H83N13. The first-order valence-corrected chi connectivity index (χ1v) is 50.2. The van der Waals surface area contributed by atoms with Crippen molar-refractivity contribution in [2.75, 3.05) is 0 Å². The lowest BCUT2D eigenvalue weighted by Gasteiger charge is -2.14. The van der Waals surface area contributed by atoms with Crippen LogP contribution in [0.1, 0.15) is 0 Å². The number of hydrogen-bond acceptors (Lipinski definition) is 7. The quantitative estimate of drug-likeness (QED) is 0.134. The largest absolute Gasteiger partial charge is 0.309 e. The number of hydrogen-bond donors (Lipinski definition) is 0. The van der Waals surface area contributed by atoms with Gasteiger partial charge in [-0.15, -0.1) is 0 Å². The van der Waals surface area contributed by atoms with Crippen LogP contribution >= 0.6 is 0 Å². The Bertz CT molecular complexity index is 11100. The van der Waals surface area contributed by atoms with E-state index in [2.05, 4.69) is 440 Å². The lowest BCUT2D eigenvalue weighted by Crippen LogP contribution is -2.04. The first-order chi connectivity index (χ1) is 73.4. The van der Waals surface area contributed by atoms with Crippen molar-refractivity contribution < 1.29 is 0 Å². The molecule has 10 heterocycles. The molecule has 148 heavy (non-hydrogen) atoms. The minimum Gasteiger partial charge on any atom is -0.309 e. The van der Waals surface area contributed by atoms with E-state index in [1.165, 1.54) is 124 Å². The van der Waals surface area contributed by atoms with Gasteiger partial charge in [-0.2, -0.15) is 0 Å². The van der Waals surface area contributed by atoms with Crippen LogP contribution in [0.4, 0.5) is 0 Å². The summed E-state index contributed by atoms with van der Waals surface area (Å²) >= 11 is 0. The molecule has 13 heteroatoms. The number of nitrogens with zero attached hydrogens (tertiary/aromatic N) is 13. The third-order valence-corrected chi connectivity index (χ3v) is 29.9. The number of pyridine rings is 1. The van der Waals surface area contributed by atoms with E-state index in [-0.39, 0.29) is 0 Å². The van der Waals surface area contributed by atoms with Crippen LogP contribution in [0.5, 0.6) is 0 Å². The summed E-state index contributed by atoms with van der Waals surface area (Å²) in [5.74, 6) is 3.13. The van der Waals surface area contributed by atoms with Gasteiger partial charge >= 0.3 is 0 Å². The van der Waals surface area contributed by atoms with Gasteiger partial charge < -0.3 is 13.7 Å². The van der Waals surface area contributed by atoms with Crippen molar-refractivity contribution in [1.29, 1.82) is 0 Å². The predicted molar refractivity (Wildman–Crippen MR) is 614 cm³/mol. The van der Waals surface area contributed by atoms with Crippen LogP contribution < -0.4 is 0 Å². The minimum absolute atomic E-state index is 0.652. The fourth-order valence-corrected chi connectivity index (χ4v) is 23.3. The second-order valence-corrected chi connectivity index (χ2v) is 38.2. The second-order valence-electron chi connectivity index (χ2n) is 38.2. The number of fused-ring (bicyclic) bond motifs is 28. The molecule has 0 aliphatic carbocycles. The molecule has 32 aromatic rings. The highest BCUT2D eigenvalue weighted by molar-refractivity contribution is 6.29. The van der Waals surface area contributed by atoms with Crippen molar-refractivity contribution in [2.45, 2.75) is 0 Å². The first-order valence-electron chi connectivity index (χ1n) is 50.2. The molecule has 13 nitrogen and oxygen atoms in total. The van der Waals surface area contributed by atoms with Crippen molar-refractivity contribution in [2.24, 2.45) is 0 Å². The average Bonchev–Trinajstić information content (AvgIpc) is 1.55. The highest BCUT2D eigenvalue weighted by Crippen LogP contribution is 2.49. The zero-order valence-electron chi connectivity index (χ0n) is 79.7. The number of aromatic nitrogens is 13. The van der Waals surface area contributed by atoms with Gasteiger partial charge in [0.15, 0.2) is 17.5 Å². The maximum absolute atomic E-state index is 5.37. The zero-order valence-corrected chi connectivity index (χ0v) is 79.7. The molecule has 0 unspecified atom stereocenters. The van der Waals surface area contributed by atoms with Crippen LogP contribution in [0.3, 0.4) is 0 Å². The van der Waals surface area contributed by atoms with Crippen molar-refractivity contribution in [1.82, 2.24) is 62.3 Å². The van der Waals surface area contributed by atoms with Gasteiger partial charge in [0.2, 0.25) is 0 Å². The molecule has 0 saturated carbocycles. The fraction of sp³-hybridized carbons (Fsp3) is 0. The molecule has 0 atom stereocenters. The van der Waals surface area contributed by atoms with Crippen molar-refractivity contribution >= 4 is 207 Å². The molecular weight excluding hydrogens is 1800 g/mol. The Morgan fingerprint density at radius 3 is 1.03 bits per heavy atom. The second kappa shape index (κ2) is 33.8. The molecule has 0 saturated heterocycles. The van der Waals surface area contributed by atoms with E-state index in [9.17, 15) is 0 Å². The molecule has 0 N–H and O–H groups in total. The fourth-order valence-electron chi connectivity index (χ4n) is 23.3. The van der Waals surface area contributed by atoms with Crippen LogP contribution in [0.2, 0.25) is 0 Å². The Morgan fingerprint density at radius 2 is 0.514 bits per heavy atom. The SMILES string of the molecule is c1ccc(-c2nc(-c3ccc(-n4c5cc6c(cc5c5c7ccccc7ccc54)c4ccccc4n6-c4ccccc4)nc3)nc3ccccc23)cc1.c1ccc(-c2nc3ccccc3nc2-n2c3cc4c(cc3c3c5ccccc5ccc32)c2ccccc2n4-c2ccccc2)cc1.c1ccc(-c2nc3ccccc3nc2-n2c3ccccc3c3cc4c5ccc6ccccc6c5n(-c5ccc6ccccc6c5)c4cc32)cc1. The Hall–Kier alpha value is -20.2. The maximum Gasteiger partial charge on any atom is 0.165 e. The number of para-hydroxylation sites is 10. The Morgan fingerprint density at radius 1 is 0.155 bits per heavy atom. The normalized spacial score (nSPS) is 11.9. The molecule has 32 rings (SSSR count). The molecule has 0 bridgehead atoms. The number of rotatable bonds is 10. The van der Waals surface area contributed by atoms with Gasteiger partial charge in [-0.25, -0.2) is 34.9 Å². The molecule has 0 fully saturated rings. The summed E-state index contributed by atoms with van der Waals surface area (Å²) in [5, 5.41) is 25.4. The summed E-state index contributed by atoms with van der Waals surface area (Å²) in [6.07, 6.45) is 1.91. The summed E-state index contributed by atoms with van der Waals surface area (Å²) in [5.41, 5.74) is 28.1. The summed E-state index contributed by atoms with van der Waals surface area (Å²) in [4.78, 5) is 36.5. The molecule has 0 amide bonds. The van der Waals surface area contributed by atoms with Gasteiger partial charge in [0, 0.05) is 121 Å². The van der Waals surface area contributed by atoms with E-state index in [1.54, 1.807) is 0 Å². The highest BCUT2D eigenvalue weighted by atomic mass is 15.1. The first kappa shape index (κ1) is 83.6. The van der Waals surface area contributed by atoms with Crippen molar-refractivity contribution in [3.05, 3.63) is 504 Å². The maximum atomic E-state index is 5.37. The van der Waals surface area contributed by atoms with Gasteiger partial charge in [-0.05, 0) is 183 Å². The molecule has 22 aromatic carbocycles. The van der Waals surface area contributed by atoms with E-state index in [1.807, 2.05) is 91.1 Å². The lowest BCUT2D eigenvalue weighted by molar-refractivity contribution is 1.08. The zero-order chi connectivity index (χ0) is 97.1. The van der Waals surface area contributed by atoms with E-state index in [0.29, 0.717) is 5.82 Å². The molecule has 0 aliphatic rings. The summed E-state index contributed by atoms with van der Waals surface area (Å²) in [6, 6.07) is 176. The molecule has 0 radical (unpaired) electrons. The molecule has 688 valence electrons. The monoisotopic (exact) mass is 1890 g/mol. The van der Waals surface area contributed by atoms with Gasteiger partial charge in [-0.3, -0.25) is 13.7 Å². The highest BCUT2D eigenvalue weighted by Gasteiger charge is 2.29. The van der Waals surface area contributed by atoms with E-state index in [4.69, 9.17) is 34.9 Å². The van der Waals surface area contributed by atoms with Gasteiger partial charge in [-0.1, -0.05) is 352 Å². The lowest BCUT2D eigenvalue weighted by atomic mass is 10.0.